The van der Waals surface area contributed by atoms with Crippen molar-refractivity contribution < 1.29 is 8.78 Å². The smallest absolute Gasteiger partial charge is 0.126 e. The Balaban J connectivity index is 2.02. The molecule has 0 heterocycles. The lowest BCUT2D eigenvalue weighted by molar-refractivity contribution is 0.353. The molecule has 0 bridgehead atoms. The molecule has 1 nitrogen and oxygen atoms in total. The Bertz CT molecular complexity index is 431. The minimum atomic E-state index is -0.356. The molecule has 100 valence electrons. The van der Waals surface area contributed by atoms with Crippen LogP contribution in [0.25, 0.3) is 0 Å². The zero-order chi connectivity index (χ0) is 13.4. The lowest BCUT2D eigenvalue weighted by atomic mass is 9.94. The van der Waals surface area contributed by atoms with E-state index in [0.717, 1.165) is 19.4 Å². The van der Waals surface area contributed by atoms with Gasteiger partial charge in [-0.3, -0.25) is 0 Å². The second-order valence-corrected chi connectivity index (χ2v) is 6.52. The first kappa shape index (κ1) is 13.5. The predicted octanol–water partition coefficient (Wildman–Crippen LogP) is 3.68. The zero-order valence-corrected chi connectivity index (χ0v) is 11.3. The molecule has 18 heavy (non-hydrogen) atoms. The molecule has 3 heteroatoms. The van der Waals surface area contributed by atoms with E-state index in [0.29, 0.717) is 12.0 Å². The Labute approximate surface area is 108 Å². The third kappa shape index (κ3) is 3.52. The number of hydrogen-bond acceptors (Lipinski definition) is 1. The SMILES string of the molecule is CC(C)(C)NCC1(Cc2cc(F)ccc2F)CC1. The summed E-state index contributed by atoms with van der Waals surface area (Å²) in [4.78, 5) is 0. The molecule has 0 aromatic heterocycles. The first-order chi connectivity index (χ1) is 8.30. The van der Waals surface area contributed by atoms with Crippen LogP contribution in [-0.2, 0) is 6.42 Å². The van der Waals surface area contributed by atoms with E-state index in [1.54, 1.807) is 0 Å². The summed E-state index contributed by atoms with van der Waals surface area (Å²) < 4.78 is 26.8. The number of nitrogens with one attached hydrogen (secondary N) is 1. The predicted molar refractivity (Wildman–Crippen MR) is 69.5 cm³/mol. The van der Waals surface area contributed by atoms with Gasteiger partial charge in [0.2, 0.25) is 0 Å². The van der Waals surface area contributed by atoms with E-state index in [1.165, 1.54) is 18.2 Å². The fourth-order valence-electron chi connectivity index (χ4n) is 2.13. The van der Waals surface area contributed by atoms with Crippen LogP contribution in [0.3, 0.4) is 0 Å². The van der Waals surface area contributed by atoms with Gasteiger partial charge in [0.05, 0.1) is 0 Å². The van der Waals surface area contributed by atoms with Crippen molar-refractivity contribution in [1.82, 2.24) is 5.32 Å². The van der Waals surface area contributed by atoms with E-state index >= 15 is 0 Å². The maximum atomic E-state index is 13.6. The van der Waals surface area contributed by atoms with Gasteiger partial charge in [-0.2, -0.15) is 0 Å². The van der Waals surface area contributed by atoms with Gasteiger partial charge in [-0.15, -0.1) is 0 Å². The Hall–Kier alpha value is -0.960. The van der Waals surface area contributed by atoms with Gasteiger partial charge in [-0.1, -0.05) is 0 Å². The molecule has 0 atom stereocenters. The zero-order valence-electron chi connectivity index (χ0n) is 11.3. The summed E-state index contributed by atoms with van der Waals surface area (Å²) in [5.41, 5.74) is 0.695. The molecule has 1 N–H and O–H groups in total. The van der Waals surface area contributed by atoms with E-state index in [4.69, 9.17) is 0 Å². The summed E-state index contributed by atoms with van der Waals surface area (Å²) in [5.74, 6) is -0.649. The van der Waals surface area contributed by atoms with Crippen molar-refractivity contribution in [2.75, 3.05) is 6.54 Å². The third-order valence-corrected chi connectivity index (χ3v) is 3.52. The Morgan fingerprint density at radius 1 is 1.22 bits per heavy atom. The molecule has 0 amide bonds. The average molecular weight is 253 g/mol. The van der Waals surface area contributed by atoms with Crippen molar-refractivity contribution in [1.29, 1.82) is 0 Å². The molecule has 1 fully saturated rings. The molecule has 1 aliphatic rings. The van der Waals surface area contributed by atoms with Crippen LogP contribution in [0.15, 0.2) is 18.2 Å². The highest BCUT2D eigenvalue weighted by molar-refractivity contribution is 5.22. The fraction of sp³-hybridized carbons (Fsp3) is 0.600. The molecular formula is C15H21F2N. The maximum Gasteiger partial charge on any atom is 0.126 e. The number of benzene rings is 1. The highest BCUT2D eigenvalue weighted by atomic mass is 19.1. The quantitative estimate of drug-likeness (QED) is 0.863. The molecule has 1 aliphatic carbocycles. The summed E-state index contributed by atoms with van der Waals surface area (Å²) in [6.07, 6.45) is 2.80. The molecule has 1 saturated carbocycles. The van der Waals surface area contributed by atoms with Crippen LogP contribution in [0.1, 0.15) is 39.2 Å². The van der Waals surface area contributed by atoms with Gasteiger partial charge in [0.25, 0.3) is 0 Å². The molecule has 2 rings (SSSR count). The van der Waals surface area contributed by atoms with Crippen molar-refractivity contribution in [3.8, 4) is 0 Å². The van der Waals surface area contributed by atoms with E-state index in [1.807, 2.05) is 0 Å². The molecule has 0 radical (unpaired) electrons. The summed E-state index contributed by atoms with van der Waals surface area (Å²) in [6, 6.07) is 3.72. The second kappa shape index (κ2) is 4.61. The van der Waals surface area contributed by atoms with E-state index in [9.17, 15) is 8.78 Å². The lowest BCUT2D eigenvalue weighted by Gasteiger charge is -2.25. The van der Waals surface area contributed by atoms with Gasteiger partial charge in [-0.05, 0) is 69.2 Å². The molecule has 0 unspecified atom stereocenters. The van der Waals surface area contributed by atoms with E-state index in [-0.39, 0.29) is 22.6 Å². The number of hydrogen-bond donors (Lipinski definition) is 1. The topological polar surface area (TPSA) is 12.0 Å². The summed E-state index contributed by atoms with van der Waals surface area (Å²) in [6.45, 7) is 7.22. The summed E-state index contributed by atoms with van der Waals surface area (Å²) >= 11 is 0. The largest absolute Gasteiger partial charge is 0.312 e. The number of halogens is 2. The average Bonchev–Trinajstić information content (AvgIpc) is 3.01. The van der Waals surface area contributed by atoms with Gasteiger partial charge < -0.3 is 5.32 Å². The Kier molecular flexibility index (Phi) is 3.45. The summed E-state index contributed by atoms with van der Waals surface area (Å²) in [7, 11) is 0. The molecule has 0 aliphatic heterocycles. The van der Waals surface area contributed by atoms with Crippen LogP contribution in [0.2, 0.25) is 0 Å². The van der Waals surface area contributed by atoms with Crippen molar-refractivity contribution in [2.45, 2.75) is 45.6 Å². The van der Waals surface area contributed by atoms with Gasteiger partial charge in [0.1, 0.15) is 11.6 Å². The van der Waals surface area contributed by atoms with Crippen molar-refractivity contribution in [2.24, 2.45) is 5.41 Å². The fourth-order valence-corrected chi connectivity index (χ4v) is 2.13. The maximum absolute atomic E-state index is 13.6. The van der Waals surface area contributed by atoms with Crippen LogP contribution < -0.4 is 5.32 Å². The van der Waals surface area contributed by atoms with Gasteiger partial charge >= 0.3 is 0 Å². The first-order valence-electron chi connectivity index (χ1n) is 6.49. The monoisotopic (exact) mass is 253 g/mol. The second-order valence-electron chi connectivity index (χ2n) is 6.52. The van der Waals surface area contributed by atoms with Crippen LogP contribution in [-0.4, -0.2) is 12.1 Å². The standard InChI is InChI=1S/C15H21F2N/c1-14(2,3)18-10-15(6-7-15)9-11-8-12(16)4-5-13(11)17/h4-5,8,18H,6-7,9-10H2,1-3H3. The molecule has 0 saturated heterocycles. The van der Waals surface area contributed by atoms with Crippen LogP contribution in [0, 0.1) is 17.0 Å². The first-order valence-corrected chi connectivity index (χ1v) is 6.49. The molecule has 1 aromatic rings. The Morgan fingerprint density at radius 2 is 1.89 bits per heavy atom. The van der Waals surface area contributed by atoms with E-state index < -0.39 is 0 Å². The van der Waals surface area contributed by atoms with Gasteiger partial charge in [-0.25, -0.2) is 8.78 Å². The molecule has 0 spiro atoms. The number of rotatable bonds is 4. The lowest BCUT2D eigenvalue weighted by Crippen LogP contribution is -2.40. The third-order valence-electron chi connectivity index (χ3n) is 3.52. The van der Waals surface area contributed by atoms with Crippen molar-refractivity contribution in [3.63, 3.8) is 0 Å². The molecule has 1 aromatic carbocycles. The molecular weight excluding hydrogens is 232 g/mol. The van der Waals surface area contributed by atoms with Gasteiger partial charge in [0.15, 0.2) is 0 Å². The van der Waals surface area contributed by atoms with Crippen molar-refractivity contribution in [3.05, 3.63) is 35.4 Å². The van der Waals surface area contributed by atoms with Crippen molar-refractivity contribution >= 4 is 0 Å². The Morgan fingerprint density at radius 3 is 2.44 bits per heavy atom. The van der Waals surface area contributed by atoms with Crippen LogP contribution in [0.4, 0.5) is 8.78 Å². The van der Waals surface area contributed by atoms with Gasteiger partial charge in [0, 0.05) is 12.1 Å². The van der Waals surface area contributed by atoms with Crippen LogP contribution >= 0.6 is 0 Å². The van der Waals surface area contributed by atoms with E-state index in [2.05, 4.69) is 26.1 Å². The minimum absolute atomic E-state index is 0.0655. The summed E-state index contributed by atoms with van der Waals surface area (Å²) in [5, 5.41) is 3.46. The highest BCUT2D eigenvalue weighted by Crippen LogP contribution is 2.48. The minimum Gasteiger partial charge on any atom is -0.312 e. The van der Waals surface area contributed by atoms with Crippen LogP contribution in [0.5, 0.6) is 0 Å². The highest BCUT2D eigenvalue weighted by Gasteiger charge is 2.43. The normalized spacial score (nSPS) is 17.8.